The van der Waals surface area contributed by atoms with Crippen molar-refractivity contribution in [2.45, 2.75) is 0 Å². The monoisotopic (exact) mass is 234 g/mol. The van der Waals surface area contributed by atoms with Crippen molar-refractivity contribution in [3.05, 3.63) is 23.9 Å². The topological polar surface area (TPSA) is 62.5 Å². The fourth-order valence-electron chi connectivity index (χ4n) is 1.86. The Morgan fingerprint density at radius 1 is 1.53 bits per heavy atom. The number of nitrogens with two attached hydrogens (primary N) is 1. The van der Waals surface area contributed by atoms with E-state index < -0.39 is 0 Å². The van der Waals surface area contributed by atoms with Gasteiger partial charge in [0.25, 0.3) is 5.91 Å². The van der Waals surface area contributed by atoms with Crippen LogP contribution >= 0.6 is 0 Å². The predicted octanol–water partition coefficient (Wildman–Crippen LogP) is 0.178. The van der Waals surface area contributed by atoms with Gasteiger partial charge in [-0.25, -0.2) is 4.98 Å². The van der Waals surface area contributed by atoms with Crippen LogP contribution < -0.4 is 10.6 Å². The van der Waals surface area contributed by atoms with Crippen molar-refractivity contribution in [2.24, 2.45) is 11.7 Å². The summed E-state index contributed by atoms with van der Waals surface area (Å²) in [6.07, 6.45) is 1.63. The summed E-state index contributed by atoms with van der Waals surface area (Å²) in [6, 6.07) is 3.71. The molecule has 2 rings (SSSR count). The lowest BCUT2D eigenvalue weighted by molar-refractivity contribution is 0.0827. The van der Waals surface area contributed by atoms with E-state index in [1.807, 2.05) is 12.1 Å². The normalized spacial score (nSPS) is 15.6. The third kappa shape index (κ3) is 2.39. The minimum absolute atomic E-state index is 0.0208. The first kappa shape index (κ1) is 11.9. The first-order valence-corrected chi connectivity index (χ1v) is 5.74. The van der Waals surface area contributed by atoms with Gasteiger partial charge in [0.15, 0.2) is 0 Å². The largest absolute Gasteiger partial charge is 0.356 e. The summed E-state index contributed by atoms with van der Waals surface area (Å²) in [5.74, 6) is 1.48. The lowest BCUT2D eigenvalue weighted by Gasteiger charge is -2.39. The second kappa shape index (κ2) is 4.71. The van der Waals surface area contributed by atoms with E-state index in [1.54, 1.807) is 25.2 Å². The van der Waals surface area contributed by atoms with E-state index in [-0.39, 0.29) is 5.91 Å². The minimum atomic E-state index is -0.0208. The summed E-state index contributed by atoms with van der Waals surface area (Å²) in [5, 5.41) is 0. The molecular weight excluding hydrogens is 216 g/mol. The van der Waals surface area contributed by atoms with Crippen LogP contribution in [0, 0.1) is 5.92 Å². The van der Waals surface area contributed by atoms with Crippen LogP contribution in [0.3, 0.4) is 0 Å². The fraction of sp³-hybridized carbons (Fsp3) is 0.500. The summed E-state index contributed by atoms with van der Waals surface area (Å²) in [6.45, 7) is 2.66. The molecule has 1 aromatic rings. The molecule has 0 aliphatic carbocycles. The van der Waals surface area contributed by atoms with Crippen molar-refractivity contribution in [1.29, 1.82) is 0 Å². The Hall–Kier alpha value is -1.62. The molecule has 2 N–H and O–H groups in total. The van der Waals surface area contributed by atoms with Crippen molar-refractivity contribution in [3.8, 4) is 0 Å². The first-order chi connectivity index (χ1) is 8.11. The van der Waals surface area contributed by atoms with Gasteiger partial charge in [-0.2, -0.15) is 0 Å². The molecule has 0 saturated carbocycles. The number of carbonyl (C=O) groups is 1. The highest BCUT2D eigenvalue weighted by Crippen LogP contribution is 2.21. The molecule has 1 aromatic heterocycles. The summed E-state index contributed by atoms with van der Waals surface area (Å²) in [5.41, 5.74) is 6.19. The molecule has 0 spiro atoms. The van der Waals surface area contributed by atoms with E-state index in [1.165, 1.54) is 0 Å². The third-order valence-electron chi connectivity index (χ3n) is 3.02. The van der Waals surface area contributed by atoms with Crippen LogP contribution in [0.15, 0.2) is 18.3 Å². The number of aromatic nitrogens is 1. The van der Waals surface area contributed by atoms with E-state index in [2.05, 4.69) is 9.88 Å². The Bertz CT molecular complexity index is 395. The number of anilines is 1. The fourth-order valence-corrected chi connectivity index (χ4v) is 1.86. The zero-order chi connectivity index (χ0) is 12.4. The Morgan fingerprint density at radius 2 is 2.24 bits per heavy atom. The molecule has 1 saturated heterocycles. The Morgan fingerprint density at radius 3 is 2.71 bits per heavy atom. The van der Waals surface area contributed by atoms with Gasteiger partial charge in [0, 0.05) is 39.3 Å². The molecule has 5 heteroatoms. The second-order valence-electron chi connectivity index (χ2n) is 4.61. The minimum Gasteiger partial charge on any atom is -0.356 e. The van der Waals surface area contributed by atoms with E-state index in [9.17, 15) is 4.79 Å². The summed E-state index contributed by atoms with van der Waals surface area (Å²) >= 11 is 0. The van der Waals surface area contributed by atoms with E-state index in [0.717, 1.165) is 25.5 Å². The molecular formula is C12H18N4O. The Labute approximate surface area is 101 Å². The maximum atomic E-state index is 11.7. The number of amides is 1. The van der Waals surface area contributed by atoms with Gasteiger partial charge in [0.1, 0.15) is 5.82 Å². The van der Waals surface area contributed by atoms with E-state index >= 15 is 0 Å². The highest BCUT2D eigenvalue weighted by molar-refractivity contribution is 5.93. The number of carbonyl (C=O) groups excluding carboxylic acids is 1. The summed E-state index contributed by atoms with van der Waals surface area (Å²) in [4.78, 5) is 19.7. The van der Waals surface area contributed by atoms with Crippen LogP contribution in [-0.4, -0.2) is 49.5 Å². The van der Waals surface area contributed by atoms with Gasteiger partial charge in [0.2, 0.25) is 0 Å². The van der Waals surface area contributed by atoms with Crippen LogP contribution in [0.5, 0.6) is 0 Å². The smallest absolute Gasteiger partial charge is 0.254 e. The molecule has 1 aliphatic rings. The van der Waals surface area contributed by atoms with Gasteiger partial charge in [-0.05, 0) is 18.7 Å². The average molecular weight is 234 g/mol. The molecule has 1 amide bonds. The van der Waals surface area contributed by atoms with Crippen LogP contribution in [0.4, 0.5) is 5.82 Å². The number of hydrogen-bond donors (Lipinski definition) is 1. The molecule has 0 unspecified atom stereocenters. The number of hydrogen-bond acceptors (Lipinski definition) is 4. The Balaban J connectivity index is 2.02. The van der Waals surface area contributed by atoms with Gasteiger partial charge in [-0.1, -0.05) is 0 Å². The molecule has 5 nitrogen and oxygen atoms in total. The van der Waals surface area contributed by atoms with Crippen molar-refractivity contribution >= 4 is 11.7 Å². The zero-order valence-corrected chi connectivity index (χ0v) is 10.3. The molecule has 0 atom stereocenters. The summed E-state index contributed by atoms with van der Waals surface area (Å²) in [7, 11) is 3.47. The van der Waals surface area contributed by atoms with Gasteiger partial charge in [-0.15, -0.1) is 0 Å². The number of pyridine rings is 1. The SMILES string of the molecule is CN(C)C(=O)c1ccc(N2CC(CN)C2)nc1. The van der Waals surface area contributed by atoms with Gasteiger partial charge < -0.3 is 15.5 Å². The second-order valence-corrected chi connectivity index (χ2v) is 4.61. The van der Waals surface area contributed by atoms with E-state index in [4.69, 9.17) is 5.73 Å². The lowest BCUT2D eigenvalue weighted by Crippen LogP contribution is -2.50. The third-order valence-corrected chi connectivity index (χ3v) is 3.02. The van der Waals surface area contributed by atoms with Crippen LogP contribution in [0.25, 0.3) is 0 Å². The molecule has 17 heavy (non-hydrogen) atoms. The molecule has 1 fully saturated rings. The quantitative estimate of drug-likeness (QED) is 0.810. The summed E-state index contributed by atoms with van der Waals surface area (Å²) < 4.78 is 0. The molecule has 0 radical (unpaired) electrons. The van der Waals surface area contributed by atoms with Crippen LogP contribution in [0.1, 0.15) is 10.4 Å². The molecule has 0 aromatic carbocycles. The predicted molar refractivity (Wildman–Crippen MR) is 67.0 cm³/mol. The Kier molecular flexibility index (Phi) is 3.28. The van der Waals surface area contributed by atoms with Crippen molar-refractivity contribution in [2.75, 3.05) is 38.6 Å². The molecule has 92 valence electrons. The molecule has 2 heterocycles. The van der Waals surface area contributed by atoms with Crippen molar-refractivity contribution in [3.63, 3.8) is 0 Å². The standard InChI is InChI=1S/C12H18N4O/c1-15(2)12(17)10-3-4-11(14-6-10)16-7-9(5-13)8-16/h3-4,6,9H,5,7-8,13H2,1-2H3. The van der Waals surface area contributed by atoms with Crippen molar-refractivity contribution < 1.29 is 4.79 Å². The average Bonchev–Trinajstić information content (AvgIpc) is 2.27. The van der Waals surface area contributed by atoms with Gasteiger partial charge in [0.05, 0.1) is 5.56 Å². The molecule has 1 aliphatic heterocycles. The lowest BCUT2D eigenvalue weighted by atomic mass is 10.0. The van der Waals surface area contributed by atoms with Gasteiger partial charge >= 0.3 is 0 Å². The van der Waals surface area contributed by atoms with E-state index in [0.29, 0.717) is 11.5 Å². The maximum Gasteiger partial charge on any atom is 0.254 e. The molecule has 0 bridgehead atoms. The highest BCUT2D eigenvalue weighted by Gasteiger charge is 2.26. The zero-order valence-electron chi connectivity index (χ0n) is 10.3. The maximum absolute atomic E-state index is 11.7. The number of rotatable bonds is 3. The van der Waals surface area contributed by atoms with Crippen LogP contribution in [0.2, 0.25) is 0 Å². The van der Waals surface area contributed by atoms with Crippen LogP contribution in [-0.2, 0) is 0 Å². The van der Waals surface area contributed by atoms with Gasteiger partial charge in [-0.3, -0.25) is 4.79 Å². The number of nitrogens with zero attached hydrogens (tertiary/aromatic N) is 3. The first-order valence-electron chi connectivity index (χ1n) is 5.74. The highest BCUT2D eigenvalue weighted by atomic mass is 16.2. The van der Waals surface area contributed by atoms with Crippen molar-refractivity contribution in [1.82, 2.24) is 9.88 Å².